The third kappa shape index (κ3) is 4.09. The van der Waals surface area contributed by atoms with Crippen LogP contribution >= 0.6 is 23.4 Å². The molecule has 3 rings (SSSR count). The molecule has 0 aliphatic rings. The van der Waals surface area contributed by atoms with Gasteiger partial charge in [-0.15, -0.1) is 16.8 Å². The summed E-state index contributed by atoms with van der Waals surface area (Å²) in [6.45, 7) is 6.18. The first kappa shape index (κ1) is 19.3. The van der Waals surface area contributed by atoms with Crippen LogP contribution in [0.2, 0.25) is 5.02 Å². The number of ether oxygens (including phenoxy) is 1. The molecule has 0 amide bonds. The van der Waals surface area contributed by atoms with Gasteiger partial charge in [0.05, 0.1) is 29.7 Å². The number of methoxy groups -OCH3 is 1. The molecule has 8 heteroatoms. The van der Waals surface area contributed by atoms with Gasteiger partial charge in [-0.3, -0.25) is 9.36 Å². The number of aryl methyl sites for hydroxylation is 1. The van der Waals surface area contributed by atoms with Crippen LogP contribution in [0.4, 0.5) is 0 Å². The highest BCUT2D eigenvalue weighted by molar-refractivity contribution is 7.99. The van der Waals surface area contributed by atoms with E-state index in [4.69, 9.17) is 20.8 Å². The Morgan fingerprint density at radius 2 is 2.22 bits per heavy atom. The van der Waals surface area contributed by atoms with Crippen molar-refractivity contribution in [2.24, 2.45) is 0 Å². The maximum Gasteiger partial charge on any atom is 0.192 e. The summed E-state index contributed by atoms with van der Waals surface area (Å²) in [4.78, 5) is 12.5. The van der Waals surface area contributed by atoms with E-state index < -0.39 is 0 Å². The molecule has 0 unspecified atom stereocenters. The van der Waals surface area contributed by atoms with E-state index in [2.05, 4.69) is 16.8 Å². The normalized spacial score (nSPS) is 10.8. The van der Waals surface area contributed by atoms with E-state index >= 15 is 0 Å². The number of hydrogen-bond acceptors (Lipinski definition) is 6. The van der Waals surface area contributed by atoms with Crippen molar-refractivity contribution in [2.75, 3.05) is 12.9 Å². The summed E-state index contributed by atoms with van der Waals surface area (Å²) in [7, 11) is 1.53. The lowest BCUT2D eigenvalue weighted by Gasteiger charge is -2.08. The predicted molar refractivity (Wildman–Crippen MR) is 106 cm³/mol. The van der Waals surface area contributed by atoms with Crippen LogP contribution in [0, 0.1) is 6.92 Å². The molecular formula is C19H18ClN3O3S. The Balaban J connectivity index is 1.79. The van der Waals surface area contributed by atoms with Gasteiger partial charge in [0.15, 0.2) is 16.8 Å². The molecule has 0 atom stereocenters. The fourth-order valence-electron chi connectivity index (χ4n) is 2.56. The highest BCUT2D eigenvalue weighted by Gasteiger charge is 2.18. The Morgan fingerprint density at radius 1 is 1.41 bits per heavy atom. The lowest BCUT2D eigenvalue weighted by Crippen LogP contribution is -2.05. The second-order valence-corrected chi connectivity index (χ2v) is 7.01. The number of carbonyl (C=O) groups is 1. The van der Waals surface area contributed by atoms with E-state index in [1.165, 1.54) is 18.9 Å². The molecule has 3 aromatic rings. The quantitative estimate of drug-likeness (QED) is 0.309. The maximum absolute atomic E-state index is 12.5. The van der Waals surface area contributed by atoms with Gasteiger partial charge in [-0.2, -0.15) is 0 Å². The Bertz CT molecular complexity index is 980. The number of allylic oxidation sites excluding steroid dienone is 1. The highest BCUT2D eigenvalue weighted by atomic mass is 35.5. The van der Waals surface area contributed by atoms with E-state index in [-0.39, 0.29) is 11.5 Å². The van der Waals surface area contributed by atoms with Crippen LogP contribution in [-0.2, 0) is 6.54 Å². The molecule has 2 heterocycles. The molecule has 0 spiro atoms. The third-order valence-corrected chi connectivity index (χ3v) is 5.20. The minimum atomic E-state index is -0.0567. The molecule has 2 aromatic heterocycles. The van der Waals surface area contributed by atoms with Gasteiger partial charge in [-0.25, -0.2) is 0 Å². The number of ketones is 1. The molecule has 0 aliphatic carbocycles. The van der Waals surface area contributed by atoms with Gasteiger partial charge in [0.2, 0.25) is 0 Å². The van der Waals surface area contributed by atoms with Gasteiger partial charge in [0, 0.05) is 12.1 Å². The molecule has 1 aromatic carbocycles. The van der Waals surface area contributed by atoms with E-state index in [1.807, 2.05) is 17.6 Å². The number of aromatic nitrogens is 3. The van der Waals surface area contributed by atoms with Crippen molar-refractivity contribution >= 4 is 29.1 Å². The first-order chi connectivity index (χ1) is 13.0. The summed E-state index contributed by atoms with van der Waals surface area (Å²) in [5, 5.41) is 9.53. The maximum atomic E-state index is 12.5. The van der Waals surface area contributed by atoms with Crippen molar-refractivity contribution in [3.63, 3.8) is 0 Å². The van der Waals surface area contributed by atoms with Crippen molar-refractivity contribution in [3.8, 4) is 17.1 Å². The Morgan fingerprint density at radius 3 is 2.85 bits per heavy atom. The first-order valence-electron chi connectivity index (χ1n) is 8.13. The van der Waals surface area contributed by atoms with E-state index in [1.54, 1.807) is 30.5 Å². The number of carbonyl (C=O) groups excluding carboxylic acids is 1. The average molecular weight is 404 g/mol. The third-order valence-electron chi connectivity index (χ3n) is 3.93. The van der Waals surface area contributed by atoms with Crippen molar-refractivity contribution in [3.05, 3.63) is 59.5 Å². The van der Waals surface area contributed by atoms with Crippen molar-refractivity contribution < 1.29 is 13.9 Å². The van der Waals surface area contributed by atoms with E-state index in [0.717, 1.165) is 11.3 Å². The monoisotopic (exact) mass is 403 g/mol. The highest BCUT2D eigenvalue weighted by Crippen LogP contribution is 2.29. The zero-order valence-electron chi connectivity index (χ0n) is 14.9. The summed E-state index contributed by atoms with van der Waals surface area (Å²) in [6, 6.07) is 6.83. The lowest BCUT2D eigenvalue weighted by atomic mass is 10.1. The van der Waals surface area contributed by atoms with Crippen LogP contribution in [0.1, 0.15) is 16.1 Å². The molecule has 0 aliphatic heterocycles. The summed E-state index contributed by atoms with van der Waals surface area (Å²) in [6.07, 6.45) is 3.37. The van der Waals surface area contributed by atoms with Crippen LogP contribution in [-0.4, -0.2) is 33.4 Å². The molecule has 0 radical (unpaired) electrons. The number of furan rings is 1. The van der Waals surface area contributed by atoms with Gasteiger partial charge in [-0.05, 0) is 31.2 Å². The Kier molecular flexibility index (Phi) is 6.03. The van der Waals surface area contributed by atoms with Crippen molar-refractivity contribution in [2.45, 2.75) is 18.6 Å². The molecule has 0 saturated carbocycles. The first-order valence-corrected chi connectivity index (χ1v) is 9.49. The molecule has 6 nitrogen and oxygen atoms in total. The fourth-order valence-corrected chi connectivity index (χ4v) is 3.66. The second kappa shape index (κ2) is 8.45. The lowest BCUT2D eigenvalue weighted by molar-refractivity contribution is 0.102. The van der Waals surface area contributed by atoms with E-state index in [0.29, 0.717) is 33.9 Å². The minimum Gasteiger partial charge on any atom is -0.495 e. The molecule has 0 bridgehead atoms. The molecule has 0 fully saturated rings. The molecule has 0 N–H and O–H groups in total. The zero-order valence-corrected chi connectivity index (χ0v) is 16.5. The number of benzene rings is 1. The predicted octanol–water partition coefficient (Wildman–Crippen LogP) is 4.67. The van der Waals surface area contributed by atoms with Crippen LogP contribution in [0.3, 0.4) is 0 Å². The Labute approximate surface area is 166 Å². The standard InChI is InChI=1S/C19H18ClN3O3S/c1-4-8-23-18(14-7-9-26-12(14)2)21-22-19(23)27-11-16(24)13-5-6-17(25-3)15(20)10-13/h4-7,9-10H,1,8,11H2,2-3H3. The van der Waals surface area contributed by atoms with Gasteiger partial charge in [-0.1, -0.05) is 29.4 Å². The number of halogens is 1. The molecular weight excluding hydrogens is 386 g/mol. The number of nitrogens with zero attached hydrogens (tertiary/aromatic N) is 3. The largest absolute Gasteiger partial charge is 0.495 e. The van der Waals surface area contributed by atoms with Crippen molar-refractivity contribution in [1.29, 1.82) is 0 Å². The van der Waals surface area contributed by atoms with Crippen LogP contribution in [0.15, 0.2) is 52.8 Å². The number of Topliss-reactive ketones (excluding diaryl/α,β-unsaturated/α-hetero) is 1. The molecule has 0 saturated heterocycles. The van der Waals surface area contributed by atoms with Gasteiger partial charge in [0.1, 0.15) is 11.5 Å². The summed E-state index contributed by atoms with van der Waals surface area (Å²) in [5.41, 5.74) is 1.39. The van der Waals surface area contributed by atoms with Crippen molar-refractivity contribution in [1.82, 2.24) is 14.8 Å². The summed E-state index contributed by atoms with van der Waals surface area (Å²) >= 11 is 7.42. The fraction of sp³-hybridized carbons (Fsp3) is 0.211. The number of thioether (sulfide) groups is 1. The molecule has 140 valence electrons. The van der Waals surface area contributed by atoms with Gasteiger partial charge >= 0.3 is 0 Å². The van der Waals surface area contributed by atoms with Crippen LogP contribution in [0.5, 0.6) is 5.75 Å². The van der Waals surface area contributed by atoms with Gasteiger partial charge in [0.25, 0.3) is 0 Å². The number of rotatable bonds is 8. The van der Waals surface area contributed by atoms with E-state index in [9.17, 15) is 4.79 Å². The van der Waals surface area contributed by atoms with Gasteiger partial charge < -0.3 is 9.15 Å². The number of hydrogen-bond donors (Lipinski definition) is 0. The van der Waals surface area contributed by atoms with Crippen LogP contribution in [0.25, 0.3) is 11.4 Å². The summed E-state index contributed by atoms with van der Waals surface area (Å²) in [5.74, 6) is 2.13. The SMILES string of the molecule is C=CCn1c(SCC(=O)c2ccc(OC)c(Cl)c2)nnc1-c1ccoc1C. The minimum absolute atomic E-state index is 0.0567. The second-order valence-electron chi connectivity index (χ2n) is 5.66. The Hall–Kier alpha value is -2.51. The smallest absolute Gasteiger partial charge is 0.192 e. The zero-order chi connectivity index (χ0) is 19.4. The van der Waals surface area contributed by atoms with Crippen LogP contribution < -0.4 is 4.74 Å². The average Bonchev–Trinajstić information content (AvgIpc) is 3.25. The summed E-state index contributed by atoms with van der Waals surface area (Å²) < 4.78 is 12.4. The topological polar surface area (TPSA) is 70.2 Å². The molecule has 27 heavy (non-hydrogen) atoms.